The summed E-state index contributed by atoms with van der Waals surface area (Å²) in [6.45, 7) is 3.56. The maximum Gasteiger partial charge on any atom is 0.472 e. The molecule has 0 fully saturated rings. The summed E-state index contributed by atoms with van der Waals surface area (Å²) in [5.41, 5.74) is 5.37. The lowest BCUT2D eigenvalue weighted by Gasteiger charge is -2.19. The second-order valence-electron chi connectivity index (χ2n) is 18.4. The average Bonchev–Trinajstić information content (AvgIpc) is 3.39. The fraction of sp³-hybridized carbons (Fsp3) is 0.594. The van der Waals surface area contributed by atoms with Gasteiger partial charge in [-0.15, -0.1) is 0 Å². The summed E-state index contributed by atoms with van der Waals surface area (Å²) in [7, 11) is -4.41. The number of ether oxygens (including phenoxy) is 2. The molecule has 10 heteroatoms. The van der Waals surface area contributed by atoms with E-state index in [1.807, 2.05) is 0 Å². The van der Waals surface area contributed by atoms with Crippen LogP contribution < -0.4 is 5.73 Å². The second kappa shape index (κ2) is 58.2. The first-order chi connectivity index (χ1) is 36.3. The van der Waals surface area contributed by atoms with Gasteiger partial charge in [-0.1, -0.05) is 224 Å². The molecule has 0 radical (unpaired) electrons. The number of carbonyl (C=O) groups excluding carboxylic acids is 2. The van der Waals surface area contributed by atoms with E-state index in [2.05, 4.69) is 160 Å². The predicted octanol–water partition coefficient (Wildman–Crippen LogP) is 18.3. The molecule has 0 amide bonds. The molecule has 0 aromatic rings. The van der Waals surface area contributed by atoms with Crippen molar-refractivity contribution in [1.82, 2.24) is 0 Å². The van der Waals surface area contributed by atoms with Crippen molar-refractivity contribution in [3.8, 4) is 0 Å². The van der Waals surface area contributed by atoms with Crippen LogP contribution in [0.4, 0.5) is 0 Å². The van der Waals surface area contributed by atoms with Gasteiger partial charge in [-0.3, -0.25) is 18.6 Å². The van der Waals surface area contributed by atoms with Gasteiger partial charge in [0.05, 0.1) is 13.2 Å². The molecule has 2 atom stereocenters. The zero-order chi connectivity index (χ0) is 53.8. The van der Waals surface area contributed by atoms with Crippen molar-refractivity contribution in [3.05, 3.63) is 146 Å². The lowest BCUT2D eigenvalue weighted by molar-refractivity contribution is -0.161. The van der Waals surface area contributed by atoms with E-state index in [1.165, 1.54) is 51.4 Å². The third-order valence-electron chi connectivity index (χ3n) is 11.5. The molecule has 0 aliphatic carbocycles. The van der Waals surface area contributed by atoms with Gasteiger partial charge in [0.2, 0.25) is 0 Å². The first-order valence-corrected chi connectivity index (χ1v) is 30.3. The van der Waals surface area contributed by atoms with Gasteiger partial charge in [0.15, 0.2) is 6.10 Å². The van der Waals surface area contributed by atoms with Gasteiger partial charge in [-0.05, 0) is 122 Å². The molecule has 74 heavy (non-hydrogen) atoms. The summed E-state index contributed by atoms with van der Waals surface area (Å²) in [5.74, 6) is -0.886. The van der Waals surface area contributed by atoms with E-state index in [1.54, 1.807) is 0 Å². The first-order valence-electron chi connectivity index (χ1n) is 28.8. The van der Waals surface area contributed by atoms with Crippen LogP contribution in [0.2, 0.25) is 0 Å². The highest BCUT2D eigenvalue weighted by Gasteiger charge is 2.26. The highest BCUT2D eigenvalue weighted by atomic mass is 31.2. The molecule has 2 unspecified atom stereocenters. The SMILES string of the molecule is CC/C=C\C/C=C\C/C=C\C/C=C\C/C=C\C/C=C\C/C=C\C/C=C\C/C=C\C/C=C\C/C=C\CCCCCC(=O)OC(COC(=O)CCCCCCC/C=C\CCCCCCCCC)COP(=O)(O)OCCN. The standard InChI is InChI=1S/C64H104NO8P/c1-3-5-7-9-11-13-15-17-19-21-22-23-24-25-26-27-28-29-30-31-32-33-34-35-36-37-38-39-40-41-43-45-47-49-51-53-55-57-64(67)73-62(61-72-74(68,69)71-59-58-65)60-70-63(66)56-54-52-50-48-46-44-42-20-18-16-14-12-10-8-6-4-2/h5,7,11,13,17,19-20,22-23,25-26,28-29,31-32,34-35,37-38,40-42,45,47,62H,3-4,6,8-10,12,14-16,18,21,24,27,30,33,36,39,43-44,46,48-61,65H2,1-2H3,(H,68,69)/b7-5-,13-11-,19-17-,23-22-,26-25-,29-28-,32-31-,35-34-,38-37-,41-40-,42-20-,47-45-. The van der Waals surface area contributed by atoms with Gasteiger partial charge < -0.3 is 20.1 Å². The van der Waals surface area contributed by atoms with E-state index >= 15 is 0 Å². The third kappa shape index (κ3) is 57.2. The monoisotopic (exact) mass is 1050 g/mol. The average molecular weight is 1050 g/mol. The van der Waals surface area contributed by atoms with Crippen molar-refractivity contribution in [2.24, 2.45) is 5.73 Å². The van der Waals surface area contributed by atoms with Gasteiger partial charge >= 0.3 is 19.8 Å². The number of nitrogens with two attached hydrogens (primary N) is 1. The fourth-order valence-electron chi connectivity index (χ4n) is 7.22. The Hall–Kier alpha value is -4.11. The quantitative estimate of drug-likeness (QED) is 0.0264. The zero-order valence-corrected chi connectivity index (χ0v) is 47.4. The molecule has 0 heterocycles. The Morgan fingerprint density at radius 3 is 1.14 bits per heavy atom. The Bertz CT molecular complexity index is 1710. The van der Waals surface area contributed by atoms with Crippen LogP contribution in [0.25, 0.3) is 0 Å². The molecule has 0 aliphatic heterocycles. The summed E-state index contributed by atoms with van der Waals surface area (Å²) < 4.78 is 32.9. The molecule has 0 aromatic carbocycles. The lowest BCUT2D eigenvalue weighted by Crippen LogP contribution is -2.29. The van der Waals surface area contributed by atoms with E-state index in [-0.39, 0.29) is 32.6 Å². The van der Waals surface area contributed by atoms with E-state index < -0.39 is 32.5 Å². The Kier molecular flexibility index (Phi) is 54.9. The molecule has 0 aromatic heterocycles. The van der Waals surface area contributed by atoms with Crippen LogP contribution in [0.5, 0.6) is 0 Å². The van der Waals surface area contributed by atoms with Crippen LogP contribution >= 0.6 is 7.82 Å². The largest absolute Gasteiger partial charge is 0.472 e. The van der Waals surface area contributed by atoms with Gasteiger partial charge in [0, 0.05) is 19.4 Å². The molecule has 0 rings (SSSR count). The first kappa shape index (κ1) is 69.9. The Morgan fingerprint density at radius 2 is 0.743 bits per heavy atom. The molecule has 0 bridgehead atoms. The number of rotatable bonds is 52. The molecular formula is C64H104NO8P. The molecule has 9 nitrogen and oxygen atoms in total. The number of esters is 2. The Labute approximate surface area is 452 Å². The van der Waals surface area contributed by atoms with Crippen molar-refractivity contribution >= 4 is 19.8 Å². The highest BCUT2D eigenvalue weighted by molar-refractivity contribution is 7.47. The Morgan fingerprint density at radius 1 is 0.419 bits per heavy atom. The smallest absolute Gasteiger partial charge is 0.462 e. The maximum atomic E-state index is 12.7. The maximum absolute atomic E-state index is 12.7. The minimum absolute atomic E-state index is 0.0390. The van der Waals surface area contributed by atoms with Gasteiger partial charge in [0.1, 0.15) is 6.61 Å². The summed E-state index contributed by atoms with van der Waals surface area (Å²) >= 11 is 0. The van der Waals surface area contributed by atoms with Crippen molar-refractivity contribution in [2.45, 2.75) is 219 Å². The van der Waals surface area contributed by atoms with E-state index in [9.17, 15) is 19.0 Å². The van der Waals surface area contributed by atoms with Crippen LogP contribution in [0.15, 0.2) is 146 Å². The molecular weight excluding hydrogens is 942 g/mol. The number of hydrogen-bond donors (Lipinski definition) is 2. The van der Waals surface area contributed by atoms with Gasteiger partial charge in [-0.25, -0.2) is 4.57 Å². The third-order valence-corrected chi connectivity index (χ3v) is 12.4. The number of unbranched alkanes of at least 4 members (excludes halogenated alkanes) is 15. The van der Waals surface area contributed by atoms with Crippen LogP contribution in [-0.4, -0.2) is 49.3 Å². The second-order valence-corrected chi connectivity index (χ2v) is 19.9. The number of hydrogen-bond acceptors (Lipinski definition) is 8. The van der Waals surface area contributed by atoms with E-state index in [0.717, 1.165) is 122 Å². The lowest BCUT2D eigenvalue weighted by atomic mass is 10.1. The summed E-state index contributed by atoms with van der Waals surface area (Å²) in [6.07, 6.45) is 83.3. The fourth-order valence-corrected chi connectivity index (χ4v) is 7.99. The molecule has 3 N–H and O–H groups in total. The number of phosphoric ester groups is 1. The summed E-state index contributed by atoms with van der Waals surface area (Å²) in [5, 5.41) is 0. The van der Waals surface area contributed by atoms with Crippen molar-refractivity contribution < 1.29 is 37.6 Å². The normalized spacial score (nSPS) is 14.2. The van der Waals surface area contributed by atoms with Crippen LogP contribution in [0.1, 0.15) is 213 Å². The summed E-state index contributed by atoms with van der Waals surface area (Å²) in [4.78, 5) is 35.1. The van der Waals surface area contributed by atoms with Crippen molar-refractivity contribution in [1.29, 1.82) is 0 Å². The predicted molar refractivity (Wildman–Crippen MR) is 316 cm³/mol. The molecule has 0 spiro atoms. The molecule has 0 saturated carbocycles. The zero-order valence-electron chi connectivity index (χ0n) is 46.5. The van der Waals surface area contributed by atoms with E-state index in [4.69, 9.17) is 24.3 Å². The number of allylic oxidation sites excluding steroid dienone is 24. The summed E-state index contributed by atoms with van der Waals surface area (Å²) in [6, 6.07) is 0. The van der Waals surface area contributed by atoms with Crippen LogP contribution in [0.3, 0.4) is 0 Å². The van der Waals surface area contributed by atoms with Crippen LogP contribution in [-0.2, 0) is 32.7 Å². The molecule has 0 saturated heterocycles. The highest BCUT2D eigenvalue weighted by Crippen LogP contribution is 2.43. The van der Waals surface area contributed by atoms with Crippen molar-refractivity contribution in [2.75, 3.05) is 26.4 Å². The molecule has 0 aliphatic rings. The molecule has 418 valence electrons. The van der Waals surface area contributed by atoms with Crippen molar-refractivity contribution in [3.63, 3.8) is 0 Å². The number of carbonyl (C=O) groups is 2. The minimum atomic E-state index is -4.41. The van der Waals surface area contributed by atoms with E-state index in [0.29, 0.717) is 12.8 Å². The van der Waals surface area contributed by atoms with Gasteiger partial charge in [-0.2, -0.15) is 0 Å². The minimum Gasteiger partial charge on any atom is -0.462 e. The number of phosphoric acid groups is 1. The van der Waals surface area contributed by atoms with Crippen LogP contribution in [0, 0.1) is 0 Å². The van der Waals surface area contributed by atoms with Gasteiger partial charge in [0.25, 0.3) is 0 Å². The Balaban J connectivity index is 4.11. The topological polar surface area (TPSA) is 134 Å².